The number of carbonyl (C=O) groups is 1. The Labute approximate surface area is 223 Å². The summed E-state index contributed by atoms with van der Waals surface area (Å²) in [4.78, 5) is 12.4. The third-order valence-corrected chi connectivity index (χ3v) is 9.51. The van der Waals surface area contributed by atoms with Gasteiger partial charge in [-0.15, -0.1) is 0 Å². The summed E-state index contributed by atoms with van der Waals surface area (Å²) in [5, 5.41) is 9.18. The van der Waals surface area contributed by atoms with Gasteiger partial charge in [-0.1, -0.05) is 30.3 Å². The number of rotatable bonds is 10. The van der Waals surface area contributed by atoms with Gasteiger partial charge in [0.15, 0.2) is 14.6 Å². The molecule has 1 amide bonds. The summed E-state index contributed by atoms with van der Waals surface area (Å²) in [5.74, 6) is 0.470. The van der Waals surface area contributed by atoms with Crippen molar-refractivity contribution in [2.24, 2.45) is 0 Å². The van der Waals surface area contributed by atoms with Crippen molar-refractivity contribution in [1.29, 1.82) is 0 Å². The highest BCUT2D eigenvalue weighted by Gasteiger charge is 2.52. The molecule has 1 saturated heterocycles. The van der Waals surface area contributed by atoms with E-state index in [0.717, 1.165) is 35.3 Å². The van der Waals surface area contributed by atoms with E-state index >= 15 is 0 Å². The summed E-state index contributed by atoms with van der Waals surface area (Å²) in [6.07, 6.45) is 1.56. The van der Waals surface area contributed by atoms with Gasteiger partial charge in [0.25, 0.3) is 5.91 Å². The van der Waals surface area contributed by atoms with E-state index < -0.39 is 20.5 Å². The van der Waals surface area contributed by atoms with Crippen molar-refractivity contribution < 1.29 is 32.6 Å². The van der Waals surface area contributed by atoms with Gasteiger partial charge in [0.05, 0.1) is 18.6 Å². The van der Waals surface area contributed by atoms with Crippen LogP contribution in [0.2, 0.25) is 0 Å². The second kappa shape index (κ2) is 12.0. The fourth-order valence-corrected chi connectivity index (χ4v) is 6.73. The van der Waals surface area contributed by atoms with Crippen LogP contribution in [0.1, 0.15) is 30.4 Å². The average molecular weight is 540 g/mol. The van der Waals surface area contributed by atoms with Gasteiger partial charge in [-0.25, -0.2) is 13.9 Å². The van der Waals surface area contributed by atoms with Crippen molar-refractivity contribution >= 4 is 15.7 Å². The van der Waals surface area contributed by atoms with Gasteiger partial charge in [0, 0.05) is 13.2 Å². The molecular formula is C29H33NO7S. The van der Waals surface area contributed by atoms with E-state index in [1.54, 1.807) is 19.2 Å². The van der Waals surface area contributed by atoms with Gasteiger partial charge in [0.2, 0.25) is 0 Å². The predicted octanol–water partition coefficient (Wildman–Crippen LogP) is 4.51. The van der Waals surface area contributed by atoms with Crippen molar-refractivity contribution in [3.05, 3.63) is 77.9 Å². The number of methoxy groups -OCH3 is 1. The molecule has 0 unspecified atom stereocenters. The Hall–Kier alpha value is -3.40. The first-order valence-electron chi connectivity index (χ1n) is 12.5. The smallest absolute Gasteiger partial charge is 0.265 e. The molecular weight excluding hydrogens is 506 g/mol. The molecule has 0 radical (unpaired) electrons. The van der Waals surface area contributed by atoms with Gasteiger partial charge >= 0.3 is 0 Å². The number of nitrogens with one attached hydrogen (secondary N) is 1. The zero-order valence-electron chi connectivity index (χ0n) is 21.6. The van der Waals surface area contributed by atoms with E-state index in [4.69, 9.17) is 14.2 Å². The SMILES string of the molecule is COc1ccc(-c2cccc(CCCOc3ccc(S(=O)(=O)C4(C(=O)NO)CCOCC4)cc3)c2)cc1C. The quantitative estimate of drug-likeness (QED) is 0.222. The molecule has 1 fully saturated rings. The van der Waals surface area contributed by atoms with Crippen molar-refractivity contribution in [2.45, 2.75) is 42.2 Å². The molecule has 3 aromatic carbocycles. The van der Waals surface area contributed by atoms with E-state index in [2.05, 4.69) is 30.3 Å². The van der Waals surface area contributed by atoms with Crippen molar-refractivity contribution in [3.8, 4) is 22.6 Å². The minimum atomic E-state index is -4.06. The Kier molecular flexibility index (Phi) is 8.71. The molecule has 0 aliphatic carbocycles. The summed E-state index contributed by atoms with van der Waals surface area (Å²) in [6, 6.07) is 20.6. The number of hydrogen-bond acceptors (Lipinski definition) is 7. The summed E-state index contributed by atoms with van der Waals surface area (Å²) in [5.41, 5.74) is 6.09. The first kappa shape index (κ1) is 27.6. The number of aryl methyl sites for hydroxylation is 2. The van der Waals surface area contributed by atoms with E-state index in [-0.39, 0.29) is 31.0 Å². The number of hydroxylamine groups is 1. The summed E-state index contributed by atoms with van der Waals surface area (Å²) in [7, 11) is -2.39. The fraction of sp³-hybridized carbons (Fsp3) is 0.345. The predicted molar refractivity (Wildman–Crippen MR) is 143 cm³/mol. The van der Waals surface area contributed by atoms with Crippen LogP contribution in [0.5, 0.6) is 11.5 Å². The molecule has 8 nitrogen and oxygen atoms in total. The maximum atomic E-state index is 13.3. The maximum Gasteiger partial charge on any atom is 0.265 e. The Balaban J connectivity index is 1.35. The van der Waals surface area contributed by atoms with Crippen LogP contribution in [0.3, 0.4) is 0 Å². The number of carbonyl (C=O) groups excluding carboxylic acids is 1. The van der Waals surface area contributed by atoms with Crippen LogP contribution in [0.25, 0.3) is 11.1 Å². The van der Waals surface area contributed by atoms with Crippen LogP contribution >= 0.6 is 0 Å². The molecule has 2 N–H and O–H groups in total. The summed E-state index contributed by atoms with van der Waals surface area (Å²) >= 11 is 0. The molecule has 38 heavy (non-hydrogen) atoms. The Bertz CT molecular complexity index is 1360. The van der Waals surface area contributed by atoms with Crippen LogP contribution in [0.15, 0.2) is 71.6 Å². The third kappa shape index (κ3) is 5.70. The second-order valence-electron chi connectivity index (χ2n) is 9.36. The molecule has 3 aromatic rings. The van der Waals surface area contributed by atoms with Gasteiger partial charge < -0.3 is 14.2 Å². The minimum Gasteiger partial charge on any atom is -0.496 e. The van der Waals surface area contributed by atoms with Crippen LogP contribution in [0.4, 0.5) is 0 Å². The van der Waals surface area contributed by atoms with Crippen LogP contribution in [0, 0.1) is 6.92 Å². The van der Waals surface area contributed by atoms with E-state index in [1.807, 2.05) is 19.1 Å². The monoisotopic (exact) mass is 539 g/mol. The molecule has 202 valence electrons. The maximum absolute atomic E-state index is 13.3. The fourth-order valence-electron chi connectivity index (χ4n) is 4.79. The lowest BCUT2D eigenvalue weighted by Crippen LogP contribution is -2.54. The molecule has 0 spiro atoms. The number of sulfone groups is 1. The van der Waals surface area contributed by atoms with E-state index in [9.17, 15) is 18.4 Å². The molecule has 0 saturated carbocycles. The van der Waals surface area contributed by atoms with Gasteiger partial charge in [-0.3, -0.25) is 10.0 Å². The topological polar surface area (TPSA) is 111 Å². The van der Waals surface area contributed by atoms with Crippen molar-refractivity contribution in [1.82, 2.24) is 5.48 Å². The lowest BCUT2D eigenvalue weighted by atomic mass is 9.98. The molecule has 1 aliphatic rings. The van der Waals surface area contributed by atoms with Crippen molar-refractivity contribution in [2.75, 3.05) is 26.9 Å². The largest absolute Gasteiger partial charge is 0.496 e. The number of hydrogen-bond donors (Lipinski definition) is 2. The Morgan fingerprint density at radius 1 is 1.03 bits per heavy atom. The highest BCUT2D eigenvalue weighted by atomic mass is 32.2. The zero-order valence-corrected chi connectivity index (χ0v) is 22.4. The van der Waals surface area contributed by atoms with Crippen LogP contribution < -0.4 is 15.0 Å². The minimum absolute atomic E-state index is 0.000864. The zero-order chi connectivity index (χ0) is 27.2. The number of benzene rings is 3. The molecule has 4 rings (SSSR count). The highest BCUT2D eigenvalue weighted by Crippen LogP contribution is 2.36. The molecule has 9 heteroatoms. The van der Waals surface area contributed by atoms with Gasteiger partial charge in [0.1, 0.15) is 11.5 Å². The van der Waals surface area contributed by atoms with Crippen LogP contribution in [-0.2, 0) is 25.8 Å². The first-order valence-corrected chi connectivity index (χ1v) is 14.0. The first-order chi connectivity index (χ1) is 18.3. The third-order valence-electron chi connectivity index (χ3n) is 7.00. The van der Waals surface area contributed by atoms with Gasteiger partial charge in [-0.2, -0.15) is 0 Å². The normalized spacial score (nSPS) is 15.0. The number of amides is 1. The second-order valence-corrected chi connectivity index (χ2v) is 11.6. The molecule has 0 aromatic heterocycles. The number of ether oxygens (including phenoxy) is 3. The van der Waals surface area contributed by atoms with E-state index in [1.165, 1.54) is 23.2 Å². The summed E-state index contributed by atoms with van der Waals surface area (Å²) < 4.78 is 41.4. The highest BCUT2D eigenvalue weighted by molar-refractivity contribution is 7.93. The standard InChI is InChI=1S/C29H33NO7S/c1-21-19-24(8-13-27(21)35-2)23-7-3-5-22(20-23)6-4-16-37-25-9-11-26(12-10-25)38(33,34)29(28(31)30-32)14-17-36-18-15-29/h3,5,7-13,19-20,32H,4,6,14-18H2,1-2H3,(H,30,31). The Morgan fingerprint density at radius 2 is 1.74 bits per heavy atom. The molecule has 1 aliphatic heterocycles. The molecule has 0 bridgehead atoms. The van der Waals surface area contributed by atoms with Crippen molar-refractivity contribution in [3.63, 3.8) is 0 Å². The lowest BCUT2D eigenvalue weighted by Gasteiger charge is -2.34. The van der Waals surface area contributed by atoms with Gasteiger partial charge in [-0.05, 0) is 91.3 Å². The van der Waals surface area contributed by atoms with E-state index in [0.29, 0.717) is 12.4 Å². The average Bonchev–Trinajstić information content (AvgIpc) is 2.95. The molecule has 0 atom stereocenters. The Morgan fingerprint density at radius 3 is 2.39 bits per heavy atom. The van der Waals surface area contributed by atoms with Crippen LogP contribution in [-0.4, -0.2) is 51.2 Å². The lowest BCUT2D eigenvalue weighted by molar-refractivity contribution is -0.134. The molecule has 1 heterocycles. The summed E-state index contributed by atoms with van der Waals surface area (Å²) in [6.45, 7) is 2.74.